The summed E-state index contributed by atoms with van der Waals surface area (Å²) >= 11 is 0. The smallest absolute Gasteiger partial charge is 0.184 e. The molecule has 0 N–H and O–H groups in total. The molecule has 0 amide bonds. The number of carbonyl (C=O) groups excluding carboxylic acids is 1. The molecule has 4 nitrogen and oxygen atoms in total. The highest BCUT2D eigenvalue weighted by molar-refractivity contribution is 5.98. The number of hydrogen-bond donors (Lipinski definition) is 0. The molecule has 0 atom stereocenters. The summed E-state index contributed by atoms with van der Waals surface area (Å²) < 4.78 is 1.54. The van der Waals surface area contributed by atoms with E-state index in [-0.39, 0.29) is 12.3 Å². The summed E-state index contributed by atoms with van der Waals surface area (Å²) in [6.07, 6.45) is 2.99. The Labute approximate surface area is 100 Å². The molecule has 0 aliphatic heterocycles. The van der Waals surface area contributed by atoms with Gasteiger partial charge in [-0.2, -0.15) is 5.10 Å². The highest BCUT2D eigenvalue weighted by Crippen LogP contribution is 2.17. The summed E-state index contributed by atoms with van der Waals surface area (Å²) in [7, 11) is 0. The van der Waals surface area contributed by atoms with Crippen LogP contribution in [0.2, 0.25) is 0 Å². The third kappa shape index (κ3) is 2.41. The Morgan fingerprint density at radius 2 is 1.88 bits per heavy atom. The second-order valence-electron chi connectivity index (χ2n) is 4.29. The van der Waals surface area contributed by atoms with Gasteiger partial charge in [-0.3, -0.25) is 4.79 Å². The van der Waals surface area contributed by atoms with Gasteiger partial charge in [-0.05, 0) is 31.9 Å². The van der Waals surface area contributed by atoms with Crippen molar-refractivity contribution in [3.8, 4) is 0 Å². The van der Waals surface area contributed by atoms with Crippen molar-refractivity contribution in [3.05, 3.63) is 47.0 Å². The molecule has 2 rings (SSSR count). The molecule has 0 saturated carbocycles. The monoisotopic (exact) mass is 229 g/mol. The van der Waals surface area contributed by atoms with Crippen molar-refractivity contribution < 1.29 is 4.79 Å². The van der Waals surface area contributed by atoms with Crippen LogP contribution in [0, 0.1) is 20.8 Å². The largest absolute Gasteiger partial charge is 0.292 e. The molecular formula is C13H15N3O. The number of aromatic nitrogens is 3. The van der Waals surface area contributed by atoms with Crippen molar-refractivity contribution in [2.24, 2.45) is 0 Å². The highest BCUT2D eigenvalue weighted by Gasteiger charge is 2.13. The lowest BCUT2D eigenvalue weighted by molar-refractivity contribution is 0.0966. The summed E-state index contributed by atoms with van der Waals surface area (Å²) in [6.45, 7) is 6.21. The van der Waals surface area contributed by atoms with E-state index < -0.39 is 0 Å². The Morgan fingerprint density at radius 3 is 2.41 bits per heavy atom. The van der Waals surface area contributed by atoms with E-state index in [0.29, 0.717) is 0 Å². The zero-order valence-corrected chi connectivity index (χ0v) is 10.3. The minimum absolute atomic E-state index is 0.0745. The average Bonchev–Trinajstić information content (AvgIpc) is 2.68. The van der Waals surface area contributed by atoms with E-state index in [9.17, 15) is 4.79 Å². The van der Waals surface area contributed by atoms with Gasteiger partial charge in [-0.15, -0.1) is 0 Å². The van der Waals surface area contributed by atoms with Crippen LogP contribution in [0.3, 0.4) is 0 Å². The van der Waals surface area contributed by atoms with Crippen LogP contribution < -0.4 is 0 Å². The van der Waals surface area contributed by atoms with Crippen LogP contribution in [0.25, 0.3) is 0 Å². The molecular weight excluding hydrogens is 214 g/mol. The molecule has 0 bridgehead atoms. The van der Waals surface area contributed by atoms with Gasteiger partial charge in [-0.25, -0.2) is 9.67 Å². The number of aryl methyl sites for hydroxylation is 3. The first-order valence-electron chi connectivity index (χ1n) is 5.51. The molecule has 4 heteroatoms. The number of hydrogen-bond acceptors (Lipinski definition) is 3. The zero-order valence-electron chi connectivity index (χ0n) is 10.3. The SMILES string of the molecule is Cc1cc(C)c(C(=O)Cn2cncn2)c(C)c1. The summed E-state index contributed by atoms with van der Waals surface area (Å²) in [5.41, 5.74) is 4.02. The van der Waals surface area contributed by atoms with E-state index in [0.717, 1.165) is 16.7 Å². The van der Waals surface area contributed by atoms with Gasteiger partial charge in [0.15, 0.2) is 5.78 Å². The lowest BCUT2D eigenvalue weighted by Crippen LogP contribution is -2.13. The number of benzene rings is 1. The Morgan fingerprint density at radius 1 is 1.24 bits per heavy atom. The number of Topliss-reactive ketones (excluding diaryl/α,β-unsaturated/α-hetero) is 1. The van der Waals surface area contributed by atoms with Gasteiger partial charge in [-0.1, -0.05) is 17.7 Å². The normalized spacial score (nSPS) is 10.5. The van der Waals surface area contributed by atoms with Crippen LogP contribution in [-0.2, 0) is 6.54 Å². The standard InChI is InChI=1S/C13H15N3O/c1-9-4-10(2)13(11(3)5-9)12(17)6-16-8-14-7-15-16/h4-5,7-8H,6H2,1-3H3. The van der Waals surface area contributed by atoms with Gasteiger partial charge in [0.2, 0.25) is 0 Å². The van der Waals surface area contributed by atoms with Gasteiger partial charge in [0.25, 0.3) is 0 Å². The van der Waals surface area contributed by atoms with E-state index in [1.54, 1.807) is 11.0 Å². The molecule has 1 aromatic carbocycles. The second-order valence-corrected chi connectivity index (χ2v) is 4.29. The van der Waals surface area contributed by atoms with Gasteiger partial charge >= 0.3 is 0 Å². The predicted octanol–water partition coefficient (Wildman–Crippen LogP) is 2.09. The summed E-state index contributed by atoms with van der Waals surface area (Å²) in [6, 6.07) is 4.06. The fourth-order valence-corrected chi connectivity index (χ4v) is 2.16. The Hall–Kier alpha value is -1.97. The number of carbonyl (C=O) groups is 1. The maximum absolute atomic E-state index is 12.2. The van der Waals surface area contributed by atoms with E-state index in [4.69, 9.17) is 0 Å². The number of rotatable bonds is 3. The minimum atomic E-state index is 0.0745. The molecule has 0 aliphatic carbocycles. The molecule has 1 heterocycles. The molecule has 0 radical (unpaired) electrons. The Bertz CT molecular complexity index is 521. The van der Waals surface area contributed by atoms with Crippen LogP contribution in [0.5, 0.6) is 0 Å². The highest BCUT2D eigenvalue weighted by atomic mass is 16.1. The van der Waals surface area contributed by atoms with Gasteiger partial charge < -0.3 is 0 Å². The molecule has 0 fully saturated rings. The van der Waals surface area contributed by atoms with Crippen molar-refractivity contribution in [2.45, 2.75) is 27.3 Å². The van der Waals surface area contributed by atoms with Crippen LogP contribution >= 0.6 is 0 Å². The Kier molecular flexibility index (Phi) is 3.04. The van der Waals surface area contributed by atoms with Crippen LogP contribution in [0.4, 0.5) is 0 Å². The molecule has 1 aromatic heterocycles. The fourth-order valence-electron chi connectivity index (χ4n) is 2.16. The van der Waals surface area contributed by atoms with Crippen LogP contribution in [0.1, 0.15) is 27.0 Å². The van der Waals surface area contributed by atoms with Crippen molar-refractivity contribution in [1.82, 2.24) is 14.8 Å². The maximum Gasteiger partial charge on any atom is 0.184 e. The summed E-state index contributed by atoms with van der Waals surface area (Å²) in [5, 5.41) is 3.94. The van der Waals surface area contributed by atoms with Gasteiger partial charge in [0, 0.05) is 5.56 Å². The van der Waals surface area contributed by atoms with Crippen LogP contribution in [0.15, 0.2) is 24.8 Å². The fraction of sp³-hybridized carbons (Fsp3) is 0.308. The van der Waals surface area contributed by atoms with Crippen LogP contribution in [-0.4, -0.2) is 20.5 Å². The van der Waals surface area contributed by atoms with E-state index in [1.165, 1.54) is 11.9 Å². The second kappa shape index (κ2) is 4.49. The average molecular weight is 229 g/mol. The minimum Gasteiger partial charge on any atom is -0.292 e. The predicted molar refractivity (Wildman–Crippen MR) is 65.0 cm³/mol. The lowest BCUT2D eigenvalue weighted by atomic mass is 9.96. The maximum atomic E-state index is 12.2. The zero-order chi connectivity index (χ0) is 12.4. The third-order valence-corrected chi connectivity index (χ3v) is 2.73. The Balaban J connectivity index is 2.31. The van der Waals surface area contributed by atoms with E-state index >= 15 is 0 Å². The van der Waals surface area contributed by atoms with Gasteiger partial charge in [0.05, 0.1) is 0 Å². The van der Waals surface area contributed by atoms with Crippen molar-refractivity contribution in [1.29, 1.82) is 0 Å². The molecule has 0 unspecified atom stereocenters. The summed E-state index contributed by atoms with van der Waals surface area (Å²) in [5.74, 6) is 0.0745. The van der Waals surface area contributed by atoms with Crippen molar-refractivity contribution in [3.63, 3.8) is 0 Å². The first-order chi connectivity index (χ1) is 8.08. The molecule has 2 aromatic rings. The summed E-state index contributed by atoms with van der Waals surface area (Å²) in [4.78, 5) is 16.0. The van der Waals surface area contributed by atoms with Crippen molar-refractivity contribution in [2.75, 3.05) is 0 Å². The van der Waals surface area contributed by atoms with Crippen molar-refractivity contribution >= 4 is 5.78 Å². The van der Waals surface area contributed by atoms with Gasteiger partial charge in [0.1, 0.15) is 19.2 Å². The third-order valence-electron chi connectivity index (χ3n) is 2.73. The molecule has 0 spiro atoms. The molecule has 17 heavy (non-hydrogen) atoms. The quantitative estimate of drug-likeness (QED) is 0.757. The molecule has 0 saturated heterocycles. The molecule has 88 valence electrons. The number of ketones is 1. The topological polar surface area (TPSA) is 47.8 Å². The number of nitrogens with zero attached hydrogens (tertiary/aromatic N) is 3. The van der Waals surface area contributed by atoms with E-state index in [1.807, 2.05) is 32.9 Å². The van der Waals surface area contributed by atoms with E-state index in [2.05, 4.69) is 10.1 Å². The first-order valence-corrected chi connectivity index (χ1v) is 5.51. The molecule has 0 aliphatic rings. The first kappa shape index (κ1) is 11.5. The lowest BCUT2D eigenvalue weighted by Gasteiger charge is -2.10.